The Kier molecular flexibility index (Phi) is 15.8. The van der Waals surface area contributed by atoms with Gasteiger partial charge in [0.15, 0.2) is 0 Å². The van der Waals surface area contributed by atoms with Gasteiger partial charge in [-0.05, 0) is 29.6 Å². The average Bonchev–Trinajstić information content (AvgIpc) is 2.94. The first-order valence-corrected chi connectivity index (χ1v) is 10.5. The molecule has 1 saturated carbocycles. The standard InChI is InChI=1S/C10H15.3C7H7.Zr/c1-6-7(2)9(4)10(5)8(6)3;3*1-7-5-3-2-4-6-7;/h1-5H3;3*2-6H,1H2;/q;3*-1;+4. The van der Waals surface area contributed by atoms with Crippen LogP contribution < -0.4 is 0 Å². The van der Waals surface area contributed by atoms with Gasteiger partial charge in [-0.1, -0.05) is 52.8 Å². The largest absolute Gasteiger partial charge is 4.00 e. The summed E-state index contributed by atoms with van der Waals surface area (Å²) in [4.78, 5) is 0. The maximum absolute atomic E-state index is 3.72. The van der Waals surface area contributed by atoms with Crippen LogP contribution in [0.4, 0.5) is 0 Å². The summed E-state index contributed by atoms with van der Waals surface area (Å²) in [7, 11) is 0. The zero-order chi connectivity index (χ0) is 23.2. The first-order chi connectivity index (χ1) is 14.7. The zero-order valence-corrected chi connectivity index (χ0v) is 22.7. The molecule has 4 rings (SSSR count). The third kappa shape index (κ3) is 11.7. The minimum atomic E-state index is 0. The summed E-state index contributed by atoms with van der Waals surface area (Å²) in [5.74, 6) is 7.34. The van der Waals surface area contributed by atoms with Crippen LogP contribution >= 0.6 is 0 Å². The Morgan fingerprint density at radius 2 is 0.500 bits per heavy atom. The Bertz CT molecular complexity index is 664. The number of hydrogen-bond donors (Lipinski definition) is 0. The van der Waals surface area contributed by atoms with Crippen LogP contribution in [-0.2, 0) is 26.2 Å². The molecule has 0 bridgehead atoms. The molecule has 1 aliphatic carbocycles. The Balaban J connectivity index is 0.000000401. The van der Waals surface area contributed by atoms with E-state index in [4.69, 9.17) is 0 Å². The van der Waals surface area contributed by atoms with Gasteiger partial charge in [-0.25, -0.2) is 0 Å². The van der Waals surface area contributed by atoms with Gasteiger partial charge >= 0.3 is 26.2 Å². The normalized spacial score (nSPS) is 14.5. The summed E-state index contributed by atoms with van der Waals surface area (Å²) in [5, 5.41) is 0. The monoisotopic (exact) mass is 498 g/mol. The van der Waals surface area contributed by atoms with Crippen molar-refractivity contribution in [2.24, 2.45) is 0 Å². The van der Waals surface area contributed by atoms with E-state index >= 15 is 0 Å². The molecule has 0 heterocycles. The van der Waals surface area contributed by atoms with E-state index in [-0.39, 0.29) is 26.2 Å². The van der Waals surface area contributed by atoms with Gasteiger partial charge < -0.3 is 0 Å². The molecule has 0 nitrogen and oxygen atoms in total. The van der Waals surface area contributed by atoms with Crippen molar-refractivity contribution in [1.82, 2.24) is 0 Å². The molecular weight excluding hydrogens is 464 g/mol. The second-order valence-electron chi connectivity index (χ2n) is 7.58. The van der Waals surface area contributed by atoms with Crippen molar-refractivity contribution >= 4 is 0 Å². The fourth-order valence-corrected chi connectivity index (χ4v) is 2.84. The molecule has 0 amide bonds. The van der Waals surface area contributed by atoms with E-state index in [1.165, 1.54) is 29.6 Å². The molecule has 5 radical (unpaired) electrons. The van der Waals surface area contributed by atoms with E-state index in [2.05, 4.69) is 55.4 Å². The van der Waals surface area contributed by atoms with Gasteiger partial charge in [-0.3, -0.25) is 0 Å². The van der Waals surface area contributed by atoms with Gasteiger partial charge in [0.05, 0.1) is 0 Å². The van der Waals surface area contributed by atoms with E-state index < -0.39 is 0 Å². The average molecular weight is 500 g/mol. The second-order valence-corrected chi connectivity index (χ2v) is 7.58. The molecule has 1 aliphatic rings. The van der Waals surface area contributed by atoms with Gasteiger partial charge in [0.1, 0.15) is 0 Å². The maximum Gasteiger partial charge on any atom is 4.00 e. The van der Waals surface area contributed by atoms with Crippen LogP contribution in [0.3, 0.4) is 0 Å². The molecule has 0 spiro atoms. The Hall–Kier alpha value is -1.85. The van der Waals surface area contributed by atoms with Gasteiger partial charge in [-0.2, -0.15) is 73.9 Å². The molecule has 32 heavy (non-hydrogen) atoms. The van der Waals surface area contributed by atoms with Gasteiger partial charge in [0.25, 0.3) is 0 Å². The Morgan fingerprint density at radius 3 is 0.594 bits per heavy atom. The van der Waals surface area contributed by atoms with Crippen molar-refractivity contribution in [2.45, 2.75) is 34.6 Å². The summed E-state index contributed by atoms with van der Waals surface area (Å²) in [6.07, 6.45) is 0. The van der Waals surface area contributed by atoms with Crippen molar-refractivity contribution in [3.8, 4) is 0 Å². The molecule has 3 aromatic rings. The van der Waals surface area contributed by atoms with E-state index in [1.807, 2.05) is 91.0 Å². The van der Waals surface area contributed by atoms with Gasteiger partial charge in [-0.15, -0.1) is 36.4 Å². The Morgan fingerprint density at radius 1 is 0.344 bits per heavy atom. The SMILES string of the molecule is C[C]1[C](C)[C](C)[C](C)[C]1C.[CH2-]c1ccccc1.[CH2-]c1ccccc1.[CH2-]c1ccccc1.[Zr+4]. The Labute approximate surface area is 218 Å². The van der Waals surface area contributed by atoms with Gasteiger partial charge in [0.2, 0.25) is 0 Å². The van der Waals surface area contributed by atoms with Crippen LogP contribution in [0, 0.1) is 50.4 Å². The quantitative estimate of drug-likeness (QED) is 0.272. The number of hydrogen-bond acceptors (Lipinski definition) is 0. The molecule has 0 aromatic heterocycles. The first kappa shape index (κ1) is 30.2. The molecule has 0 unspecified atom stereocenters. The molecule has 3 aromatic carbocycles. The van der Waals surface area contributed by atoms with Crippen LogP contribution in [0.1, 0.15) is 51.3 Å². The van der Waals surface area contributed by atoms with E-state index in [9.17, 15) is 0 Å². The van der Waals surface area contributed by atoms with Crippen molar-refractivity contribution < 1.29 is 26.2 Å². The topological polar surface area (TPSA) is 0 Å². The van der Waals surface area contributed by atoms with Crippen LogP contribution in [0.15, 0.2) is 91.0 Å². The molecule has 1 fully saturated rings. The number of benzene rings is 3. The predicted octanol–water partition coefficient (Wildman–Crippen LogP) is 8.58. The fourth-order valence-electron chi connectivity index (χ4n) is 2.84. The summed E-state index contributed by atoms with van der Waals surface area (Å²) in [5.41, 5.74) is 3.22. The van der Waals surface area contributed by atoms with Crippen LogP contribution in [0.2, 0.25) is 0 Å². The third-order valence-electron chi connectivity index (χ3n) is 5.34. The molecular formula is C31H36Zr+. The molecule has 0 saturated heterocycles. The second kappa shape index (κ2) is 16.7. The summed E-state index contributed by atoms with van der Waals surface area (Å²) in [6.45, 7) is 22.2. The third-order valence-corrected chi connectivity index (χ3v) is 5.34. The molecule has 1 heteroatoms. The summed E-state index contributed by atoms with van der Waals surface area (Å²) >= 11 is 0. The van der Waals surface area contributed by atoms with Crippen LogP contribution in [-0.4, -0.2) is 0 Å². The number of rotatable bonds is 0. The maximum atomic E-state index is 3.72. The van der Waals surface area contributed by atoms with Gasteiger partial charge in [0, 0.05) is 0 Å². The summed E-state index contributed by atoms with van der Waals surface area (Å²) in [6, 6.07) is 29.6. The van der Waals surface area contributed by atoms with E-state index in [0.717, 1.165) is 16.7 Å². The fraction of sp³-hybridized carbons (Fsp3) is 0.161. The summed E-state index contributed by atoms with van der Waals surface area (Å²) < 4.78 is 0. The van der Waals surface area contributed by atoms with E-state index in [1.54, 1.807) is 0 Å². The van der Waals surface area contributed by atoms with Crippen molar-refractivity contribution in [1.29, 1.82) is 0 Å². The minimum absolute atomic E-state index is 0. The molecule has 0 aliphatic heterocycles. The van der Waals surface area contributed by atoms with Crippen LogP contribution in [0.25, 0.3) is 0 Å². The smallest absolute Gasteiger partial charge is 0.199 e. The van der Waals surface area contributed by atoms with Crippen molar-refractivity contribution in [3.05, 3.63) is 158 Å². The zero-order valence-electron chi connectivity index (χ0n) is 20.3. The minimum Gasteiger partial charge on any atom is -0.199 e. The van der Waals surface area contributed by atoms with Crippen molar-refractivity contribution in [2.75, 3.05) is 0 Å². The molecule has 163 valence electrons. The first-order valence-electron chi connectivity index (χ1n) is 10.5. The predicted molar refractivity (Wildman–Crippen MR) is 137 cm³/mol. The van der Waals surface area contributed by atoms with Crippen molar-refractivity contribution in [3.63, 3.8) is 0 Å². The molecule has 0 atom stereocenters. The van der Waals surface area contributed by atoms with E-state index in [0.29, 0.717) is 0 Å². The van der Waals surface area contributed by atoms with Crippen LogP contribution in [0.5, 0.6) is 0 Å². The molecule has 0 N–H and O–H groups in total.